The summed E-state index contributed by atoms with van der Waals surface area (Å²) in [6, 6.07) is 13.1. The van der Waals surface area contributed by atoms with E-state index in [0.717, 1.165) is 5.69 Å². The lowest BCUT2D eigenvalue weighted by Crippen LogP contribution is -2.25. The van der Waals surface area contributed by atoms with Crippen molar-refractivity contribution in [3.63, 3.8) is 0 Å². The number of hydrogen-bond acceptors (Lipinski definition) is 4. The molecule has 0 unspecified atom stereocenters. The van der Waals surface area contributed by atoms with Gasteiger partial charge < -0.3 is 14.8 Å². The van der Waals surface area contributed by atoms with E-state index in [9.17, 15) is 14.7 Å². The number of hydrogen-bond donors (Lipinski definition) is 0. The SMILES string of the molecule is CN(C)c1ccc(C(=O)c2ccccc2C(=O)[O-])cc1. The Labute approximate surface area is 117 Å². The normalized spacial score (nSPS) is 10.1. The molecule has 0 aliphatic heterocycles. The second kappa shape index (κ2) is 5.57. The van der Waals surface area contributed by atoms with E-state index >= 15 is 0 Å². The fourth-order valence-electron chi connectivity index (χ4n) is 1.93. The molecule has 0 amide bonds. The summed E-state index contributed by atoms with van der Waals surface area (Å²) in [7, 11) is 3.81. The number of aromatic carboxylic acids is 1. The van der Waals surface area contributed by atoms with Gasteiger partial charge in [-0.05, 0) is 24.3 Å². The number of carboxylic acids is 1. The van der Waals surface area contributed by atoms with Crippen molar-refractivity contribution in [1.29, 1.82) is 0 Å². The highest BCUT2D eigenvalue weighted by atomic mass is 16.4. The summed E-state index contributed by atoms with van der Waals surface area (Å²) in [4.78, 5) is 25.3. The minimum absolute atomic E-state index is 0.0887. The van der Waals surface area contributed by atoms with E-state index in [1.807, 2.05) is 31.1 Å². The second-order valence-electron chi connectivity index (χ2n) is 4.60. The molecule has 0 fully saturated rings. The molecule has 0 aliphatic rings. The van der Waals surface area contributed by atoms with Crippen molar-refractivity contribution < 1.29 is 14.7 Å². The fraction of sp³-hybridized carbons (Fsp3) is 0.125. The molecule has 0 radical (unpaired) electrons. The third-order valence-electron chi connectivity index (χ3n) is 3.04. The van der Waals surface area contributed by atoms with E-state index in [-0.39, 0.29) is 16.9 Å². The molecule has 0 atom stereocenters. The molecule has 0 saturated carbocycles. The lowest BCUT2D eigenvalue weighted by Gasteiger charge is -2.13. The molecule has 0 saturated heterocycles. The molecule has 0 heterocycles. The van der Waals surface area contributed by atoms with E-state index in [1.165, 1.54) is 12.1 Å². The van der Waals surface area contributed by atoms with Crippen LogP contribution < -0.4 is 10.0 Å². The number of benzene rings is 2. The van der Waals surface area contributed by atoms with Crippen LogP contribution in [0.5, 0.6) is 0 Å². The lowest BCUT2D eigenvalue weighted by atomic mass is 9.98. The Bertz CT molecular complexity index is 645. The van der Waals surface area contributed by atoms with Gasteiger partial charge in [-0.15, -0.1) is 0 Å². The smallest absolute Gasteiger partial charge is 0.193 e. The van der Waals surface area contributed by atoms with Gasteiger partial charge in [0.05, 0.1) is 5.97 Å². The van der Waals surface area contributed by atoms with Crippen LogP contribution in [0.3, 0.4) is 0 Å². The van der Waals surface area contributed by atoms with Crippen LogP contribution in [0.25, 0.3) is 0 Å². The number of carboxylic acid groups (broad SMARTS) is 1. The minimum Gasteiger partial charge on any atom is -0.545 e. The lowest BCUT2D eigenvalue weighted by molar-refractivity contribution is -0.255. The van der Waals surface area contributed by atoms with Crippen molar-refractivity contribution in [2.75, 3.05) is 19.0 Å². The quantitative estimate of drug-likeness (QED) is 0.785. The highest BCUT2D eigenvalue weighted by molar-refractivity contribution is 6.14. The van der Waals surface area contributed by atoms with Crippen molar-refractivity contribution in [3.8, 4) is 0 Å². The van der Waals surface area contributed by atoms with Gasteiger partial charge in [0.2, 0.25) is 0 Å². The van der Waals surface area contributed by atoms with Gasteiger partial charge in [0.15, 0.2) is 5.78 Å². The number of rotatable bonds is 4. The number of anilines is 1. The van der Waals surface area contributed by atoms with Gasteiger partial charge in [-0.25, -0.2) is 0 Å². The standard InChI is InChI=1S/C16H15NO3/c1-17(2)12-9-7-11(8-10-12)15(18)13-5-3-4-6-14(13)16(19)20/h3-10H,1-2H3,(H,19,20)/p-1. The maximum Gasteiger partial charge on any atom is 0.193 e. The van der Waals surface area contributed by atoms with Gasteiger partial charge >= 0.3 is 0 Å². The average Bonchev–Trinajstić information content (AvgIpc) is 2.46. The third-order valence-corrected chi connectivity index (χ3v) is 3.04. The molecule has 2 rings (SSSR count). The predicted octanol–water partition coefficient (Wildman–Crippen LogP) is 1.35. The molecule has 20 heavy (non-hydrogen) atoms. The van der Waals surface area contributed by atoms with Gasteiger partial charge in [-0.3, -0.25) is 4.79 Å². The summed E-state index contributed by atoms with van der Waals surface area (Å²) < 4.78 is 0. The maximum atomic E-state index is 12.3. The largest absolute Gasteiger partial charge is 0.545 e. The summed E-state index contributed by atoms with van der Waals surface area (Å²) >= 11 is 0. The summed E-state index contributed by atoms with van der Waals surface area (Å²) in [6.07, 6.45) is 0. The highest BCUT2D eigenvalue weighted by Gasteiger charge is 2.13. The monoisotopic (exact) mass is 268 g/mol. The van der Waals surface area contributed by atoms with Crippen LogP contribution in [-0.4, -0.2) is 25.8 Å². The van der Waals surface area contributed by atoms with E-state index < -0.39 is 5.97 Å². The summed E-state index contributed by atoms with van der Waals surface area (Å²) in [6.45, 7) is 0. The molecule has 4 nitrogen and oxygen atoms in total. The first kappa shape index (κ1) is 13.8. The Morgan fingerprint density at radius 2 is 1.45 bits per heavy atom. The van der Waals surface area contributed by atoms with Crippen LogP contribution in [0.15, 0.2) is 48.5 Å². The number of nitrogens with zero attached hydrogens (tertiary/aromatic N) is 1. The first-order valence-corrected chi connectivity index (χ1v) is 6.13. The molecule has 2 aromatic carbocycles. The van der Waals surface area contributed by atoms with Gasteiger partial charge in [0.1, 0.15) is 0 Å². The van der Waals surface area contributed by atoms with Crippen LogP contribution in [0.1, 0.15) is 26.3 Å². The highest BCUT2D eigenvalue weighted by Crippen LogP contribution is 2.17. The molecule has 0 bridgehead atoms. The van der Waals surface area contributed by atoms with Crippen LogP contribution in [-0.2, 0) is 0 Å². The van der Waals surface area contributed by atoms with Gasteiger partial charge in [0.25, 0.3) is 0 Å². The minimum atomic E-state index is -1.35. The summed E-state index contributed by atoms with van der Waals surface area (Å²) in [5, 5.41) is 11.0. The predicted molar refractivity (Wildman–Crippen MR) is 75.0 cm³/mol. The van der Waals surface area contributed by atoms with Crippen LogP contribution in [0.4, 0.5) is 5.69 Å². The van der Waals surface area contributed by atoms with E-state index in [2.05, 4.69) is 0 Å². The van der Waals surface area contributed by atoms with Gasteiger partial charge in [-0.2, -0.15) is 0 Å². The zero-order valence-corrected chi connectivity index (χ0v) is 11.3. The summed E-state index contributed by atoms with van der Waals surface area (Å²) in [5.74, 6) is -1.67. The van der Waals surface area contributed by atoms with Gasteiger partial charge in [0, 0.05) is 36.5 Å². The molecule has 0 aliphatic carbocycles. The zero-order chi connectivity index (χ0) is 14.7. The second-order valence-corrected chi connectivity index (χ2v) is 4.60. The topological polar surface area (TPSA) is 60.4 Å². The van der Waals surface area contributed by atoms with Crippen molar-refractivity contribution >= 4 is 17.4 Å². The Kier molecular flexibility index (Phi) is 3.84. The number of carbonyl (C=O) groups is 2. The van der Waals surface area contributed by atoms with Gasteiger partial charge in [-0.1, -0.05) is 24.3 Å². The van der Waals surface area contributed by atoms with E-state index in [1.54, 1.807) is 24.3 Å². The van der Waals surface area contributed by atoms with E-state index in [0.29, 0.717) is 5.56 Å². The number of ketones is 1. The molecular formula is C16H14NO3-. The Balaban J connectivity index is 2.39. The fourth-order valence-corrected chi connectivity index (χ4v) is 1.93. The molecule has 2 aromatic rings. The van der Waals surface area contributed by atoms with Crippen LogP contribution in [0.2, 0.25) is 0 Å². The average molecular weight is 268 g/mol. The Morgan fingerprint density at radius 1 is 0.900 bits per heavy atom. The van der Waals surface area contributed by atoms with Crippen molar-refractivity contribution in [2.24, 2.45) is 0 Å². The molecule has 4 heteroatoms. The molecule has 0 aromatic heterocycles. The van der Waals surface area contributed by atoms with Crippen molar-refractivity contribution in [1.82, 2.24) is 0 Å². The maximum absolute atomic E-state index is 12.3. The van der Waals surface area contributed by atoms with Crippen molar-refractivity contribution in [2.45, 2.75) is 0 Å². The van der Waals surface area contributed by atoms with E-state index in [4.69, 9.17) is 0 Å². The molecular weight excluding hydrogens is 254 g/mol. The molecule has 0 N–H and O–H groups in total. The summed E-state index contributed by atoms with van der Waals surface area (Å²) in [5.41, 5.74) is 1.47. The zero-order valence-electron chi connectivity index (χ0n) is 11.3. The number of carbonyl (C=O) groups excluding carboxylic acids is 2. The molecule has 102 valence electrons. The first-order chi connectivity index (χ1) is 9.50. The third kappa shape index (κ3) is 2.69. The first-order valence-electron chi connectivity index (χ1n) is 6.13. The van der Waals surface area contributed by atoms with Crippen molar-refractivity contribution in [3.05, 3.63) is 65.2 Å². The van der Waals surface area contributed by atoms with Crippen LogP contribution in [0, 0.1) is 0 Å². The van der Waals surface area contributed by atoms with Crippen LogP contribution >= 0.6 is 0 Å². The molecule has 0 spiro atoms. The Morgan fingerprint density at radius 3 is 1.95 bits per heavy atom. The Hall–Kier alpha value is -2.62.